The van der Waals surface area contributed by atoms with Crippen molar-refractivity contribution in [1.29, 1.82) is 0 Å². The molecule has 2 aliphatic heterocycles. The van der Waals surface area contributed by atoms with Crippen LogP contribution in [0.5, 0.6) is 11.8 Å². The van der Waals surface area contributed by atoms with Crippen molar-refractivity contribution in [2.45, 2.75) is 90.6 Å². The van der Waals surface area contributed by atoms with Gasteiger partial charge in [-0.05, 0) is 128 Å². The van der Waals surface area contributed by atoms with Gasteiger partial charge < -0.3 is 38.2 Å². The highest BCUT2D eigenvalue weighted by Crippen LogP contribution is 2.27. The van der Waals surface area contributed by atoms with E-state index in [0.29, 0.717) is 25.0 Å². The Kier molecular flexibility index (Phi) is 18.7. The molecule has 0 N–H and O–H groups in total. The summed E-state index contributed by atoms with van der Waals surface area (Å²) in [5.41, 5.74) is 4.02. The summed E-state index contributed by atoms with van der Waals surface area (Å²) in [6, 6.07) is 3.84. The third-order valence-electron chi connectivity index (χ3n) is 9.79. The number of aromatic nitrogens is 2. The summed E-state index contributed by atoms with van der Waals surface area (Å²) in [5.74, 6) is 3.09. The zero-order valence-corrected chi connectivity index (χ0v) is 31.2. The van der Waals surface area contributed by atoms with Crippen molar-refractivity contribution in [2.24, 2.45) is 11.8 Å². The molecule has 0 aromatic carbocycles. The second-order valence-electron chi connectivity index (χ2n) is 13.5. The van der Waals surface area contributed by atoms with Gasteiger partial charge in [-0.2, -0.15) is 0 Å². The van der Waals surface area contributed by atoms with Crippen molar-refractivity contribution in [1.82, 2.24) is 19.8 Å². The molecular weight excluding hydrogens is 608 g/mol. The summed E-state index contributed by atoms with van der Waals surface area (Å²) in [7, 11) is 11.0. The quantitative estimate of drug-likeness (QED) is 0.120. The van der Waals surface area contributed by atoms with Crippen LogP contribution in [0.1, 0.15) is 99.0 Å². The summed E-state index contributed by atoms with van der Waals surface area (Å²) in [4.78, 5) is 13.5. The highest BCUT2D eigenvalue weighted by atomic mass is 16.7. The summed E-state index contributed by atoms with van der Waals surface area (Å²) < 4.78 is 33.0. The average molecular weight is 673 g/mol. The summed E-state index contributed by atoms with van der Waals surface area (Å²) >= 11 is 0. The van der Waals surface area contributed by atoms with Crippen LogP contribution in [0.25, 0.3) is 0 Å². The fourth-order valence-corrected chi connectivity index (χ4v) is 6.53. The molecule has 0 amide bonds. The van der Waals surface area contributed by atoms with Crippen molar-refractivity contribution in [3.63, 3.8) is 0 Å². The minimum Gasteiger partial charge on any atom is -0.478 e. The van der Waals surface area contributed by atoms with Gasteiger partial charge in [-0.25, -0.2) is 9.97 Å². The molecule has 0 spiro atoms. The van der Waals surface area contributed by atoms with Crippen LogP contribution in [-0.2, 0) is 18.9 Å². The maximum Gasteiger partial charge on any atom is 0.213 e. The smallest absolute Gasteiger partial charge is 0.213 e. The second-order valence-corrected chi connectivity index (χ2v) is 13.5. The Morgan fingerprint density at radius 2 is 0.958 bits per heavy atom. The minimum absolute atomic E-state index is 0.375. The standard InChI is InChI=1S/2C19H32N2O3/c2*1-15-14-20-18(13-17(15)19(22-3)23-4)24-12-6-5-7-16-8-10-21(2)11-9-16/h2*13-14,16,19H,5-12H2,1-4H3. The van der Waals surface area contributed by atoms with Gasteiger partial charge in [0.15, 0.2) is 12.6 Å². The van der Waals surface area contributed by atoms with Crippen molar-refractivity contribution >= 4 is 0 Å². The molecule has 0 atom stereocenters. The van der Waals surface area contributed by atoms with E-state index < -0.39 is 0 Å². The van der Waals surface area contributed by atoms with Crippen LogP contribution in [0.15, 0.2) is 24.5 Å². The molecule has 0 unspecified atom stereocenters. The van der Waals surface area contributed by atoms with E-state index in [1.807, 2.05) is 38.4 Å². The van der Waals surface area contributed by atoms with E-state index in [1.54, 1.807) is 28.4 Å². The number of unbranched alkanes of at least 4 members (excludes halogenated alkanes) is 2. The first-order chi connectivity index (χ1) is 23.3. The third kappa shape index (κ3) is 13.9. The normalized spacial score (nSPS) is 16.7. The van der Waals surface area contributed by atoms with Crippen LogP contribution in [0.3, 0.4) is 0 Å². The fourth-order valence-electron chi connectivity index (χ4n) is 6.53. The van der Waals surface area contributed by atoms with Gasteiger partial charge in [-0.1, -0.05) is 12.8 Å². The Labute approximate surface area is 290 Å². The minimum atomic E-state index is -0.375. The zero-order chi connectivity index (χ0) is 34.7. The second kappa shape index (κ2) is 22.4. The van der Waals surface area contributed by atoms with Gasteiger partial charge >= 0.3 is 0 Å². The van der Waals surface area contributed by atoms with Crippen molar-refractivity contribution in [3.8, 4) is 11.8 Å². The number of aryl methyl sites for hydroxylation is 2. The van der Waals surface area contributed by atoms with Gasteiger partial charge in [-0.15, -0.1) is 0 Å². The Balaban J connectivity index is 0.000000260. The van der Waals surface area contributed by atoms with E-state index in [4.69, 9.17) is 28.4 Å². The fraction of sp³-hybridized carbons (Fsp3) is 0.737. The average Bonchev–Trinajstić information content (AvgIpc) is 3.10. The van der Waals surface area contributed by atoms with Crippen LogP contribution in [0.2, 0.25) is 0 Å². The molecule has 272 valence electrons. The van der Waals surface area contributed by atoms with Crippen LogP contribution < -0.4 is 9.47 Å². The van der Waals surface area contributed by atoms with E-state index in [0.717, 1.165) is 46.9 Å². The lowest BCUT2D eigenvalue weighted by Crippen LogP contribution is -2.30. The molecular formula is C38H64N4O6. The summed E-state index contributed by atoms with van der Waals surface area (Å²) in [5, 5.41) is 0. The number of likely N-dealkylation sites (tertiary alicyclic amines) is 2. The van der Waals surface area contributed by atoms with E-state index in [2.05, 4.69) is 33.9 Å². The Hall–Kier alpha value is -2.34. The molecule has 48 heavy (non-hydrogen) atoms. The van der Waals surface area contributed by atoms with Crippen LogP contribution in [0, 0.1) is 25.7 Å². The number of hydrogen-bond donors (Lipinski definition) is 0. The number of ether oxygens (including phenoxy) is 6. The molecule has 10 nitrogen and oxygen atoms in total. The van der Waals surface area contributed by atoms with Crippen LogP contribution in [0.4, 0.5) is 0 Å². The molecule has 2 aromatic rings. The van der Waals surface area contributed by atoms with Gasteiger partial charge in [0.05, 0.1) is 13.2 Å². The lowest BCUT2D eigenvalue weighted by atomic mass is 9.92. The Morgan fingerprint density at radius 1 is 0.604 bits per heavy atom. The molecule has 2 saturated heterocycles. The van der Waals surface area contributed by atoms with Crippen molar-refractivity contribution in [2.75, 3.05) is 81.9 Å². The first-order valence-corrected chi connectivity index (χ1v) is 17.9. The number of methoxy groups -OCH3 is 4. The first kappa shape index (κ1) is 40.1. The monoisotopic (exact) mass is 672 g/mol. The molecule has 2 aliphatic rings. The molecule has 2 fully saturated rings. The molecule has 0 aliphatic carbocycles. The van der Waals surface area contributed by atoms with Gasteiger partial charge in [0.25, 0.3) is 0 Å². The van der Waals surface area contributed by atoms with Gasteiger partial charge in [0.2, 0.25) is 11.8 Å². The summed E-state index contributed by atoms with van der Waals surface area (Å²) in [6.07, 6.45) is 15.5. The lowest BCUT2D eigenvalue weighted by Gasteiger charge is -2.28. The summed E-state index contributed by atoms with van der Waals surface area (Å²) in [6.45, 7) is 10.4. The number of rotatable bonds is 18. The van der Waals surface area contributed by atoms with Crippen molar-refractivity contribution in [3.05, 3.63) is 46.8 Å². The molecule has 2 aromatic heterocycles. The van der Waals surface area contributed by atoms with Crippen molar-refractivity contribution < 1.29 is 28.4 Å². The largest absolute Gasteiger partial charge is 0.478 e. The third-order valence-corrected chi connectivity index (χ3v) is 9.79. The molecule has 4 heterocycles. The molecule has 10 heteroatoms. The Bertz CT molecular complexity index is 1060. The number of pyridine rings is 2. The SMILES string of the molecule is COC(OC)c1cc(OCCCCC2CCN(C)CC2)ncc1C.COC(OC)c1cc(OCCCCC2CCN(C)CC2)ncc1C. The number of hydrogen-bond acceptors (Lipinski definition) is 10. The predicted molar refractivity (Wildman–Crippen MR) is 191 cm³/mol. The maximum absolute atomic E-state index is 5.82. The predicted octanol–water partition coefficient (Wildman–Crippen LogP) is 7.14. The molecule has 0 saturated carbocycles. The van der Waals surface area contributed by atoms with Crippen LogP contribution in [-0.4, -0.2) is 102 Å². The van der Waals surface area contributed by atoms with Gasteiger partial charge in [0.1, 0.15) is 0 Å². The Morgan fingerprint density at radius 3 is 1.29 bits per heavy atom. The molecule has 4 rings (SSSR count). The first-order valence-electron chi connectivity index (χ1n) is 17.9. The zero-order valence-electron chi connectivity index (χ0n) is 31.2. The topological polar surface area (TPSA) is 87.6 Å². The van der Waals surface area contributed by atoms with E-state index in [9.17, 15) is 0 Å². The van der Waals surface area contributed by atoms with E-state index in [1.165, 1.54) is 77.5 Å². The van der Waals surface area contributed by atoms with E-state index in [-0.39, 0.29) is 12.6 Å². The van der Waals surface area contributed by atoms with E-state index >= 15 is 0 Å². The van der Waals surface area contributed by atoms with Crippen LogP contribution >= 0.6 is 0 Å². The van der Waals surface area contributed by atoms with Gasteiger partial charge in [0, 0.05) is 64.1 Å². The lowest BCUT2D eigenvalue weighted by molar-refractivity contribution is -0.106. The molecule has 0 radical (unpaired) electrons. The number of nitrogens with zero attached hydrogens (tertiary/aromatic N) is 4. The maximum atomic E-state index is 5.82. The number of piperidine rings is 2. The molecule has 0 bridgehead atoms. The highest BCUT2D eigenvalue weighted by Gasteiger charge is 2.18. The highest BCUT2D eigenvalue weighted by molar-refractivity contribution is 5.30. The van der Waals surface area contributed by atoms with Gasteiger partial charge in [-0.3, -0.25) is 0 Å².